The summed E-state index contributed by atoms with van der Waals surface area (Å²) >= 11 is 0. The number of carbonyl (C=O) groups excluding carboxylic acids is 1. The van der Waals surface area contributed by atoms with Crippen molar-refractivity contribution in [3.63, 3.8) is 0 Å². The van der Waals surface area contributed by atoms with Gasteiger partial charge in [-0.25, -0.2) is 4.98 Å². The Bertz CT molecular complexity index is 342. The third kappa shape index (κ3) is 3.86. The highest BCUT2D eigenvalue weighted by atomic mass is 16.3. The summed E-state index contributed by atoms with van der Waals surface area (Å²) in [6, 6.07) is 2.99. The Kier molecular flexibility index (Phi) is 5.28. The monoisotopic (exact) mass is 224 g/mol. The Balaban J connectivity index is 2.33. The molecule has 0 atom stereocenters. The first-order valence-corrected chi connectivity index (χ1v) is 5.28. The van der Waals surface area contributed by atoms with Gasteiger partial charge in [-0.15, -0.1) is 0 Å². The molecule has 1 amide bonds. The van der Waals surface area contributed by atoms with E-state index in [-0.39, 0.29) is 24.0 Å². The van der Waals surface area contributed by atoms with Crippen molar-refractivity contribution in [2.75, 3.05) is 13.2 Å². The molecular weight excluding hydrogens is 208 g/mol. The number of aliphatic hydroxyl groups excluding tert-OH is 1. The fourth-order valence-electron chi connectivity index (χ4n) is 1.27. The van der Waals surface area contributed by atoms with E-state index in [4.69, 9.17) is 5.11 Å². The quantitative estimate of drug-likeness (QED) is 0.620. The average Bonchev–Trinajstić information content (AvgIpc) is 2.29. The molecular formula is C11H16N2O3. The highest BCUT2D eigenvalue weighted by molar-refractivity contribution is 5.94. The molecule has 0 bridgehead atoms. The van der Waals surface area contributed by atoms with Crippen molar-refractivity contribution in [1.82, 2.24) is 10.3 Å². The van der Waals surface area contributed by atoms with E-state index in [0.717, 1.165) is 19.3 Å². The summed E-state index contributed by atoms with van der Waals surface area (Å²) in [5.41, 5.74) is 0.0460. The molecule has 0 fully saturated rings. The van der Waals surface area contributed by atoms with E-state index in [0.29, 0.717) is 6.54 Å². The first-order chi connectivity index (χ1) is 7.75. The van der Waals surface area contributed by atoms with Crippen LogP contribution in [-0.4, -0.2) is 34.3 Å². The van der Waals surface area contributed by atoms with E-state index in [1.165, 1.54) is 12.3 Å². The lowest BCUT2D eigenvalue weighted by Crippen LogP contribution is -2.25. The maximum atomic E-state index is 11.5. The Labute approximate surface area is 94.1 Å². The summed E-state index contributed by atoms with van der Waals surface area (Å²) in [6.07, 6.45) is 3.87. The van der Waals surface area contributed by atoms with Crippen LogP contribution in [0, 0.1) is 0 Å². The van der Waals surface area contributed by atoms with Crippen molar-refractivity contribution in [1.29, 1.82) is 0 Å². The van der Waals surface area contributed by atoms with E-state index in [9.17, 15) is 9.90 Å². The molecule has 0 aromatic carbocycles. The fraction of sp³-hybridized carbons (Fsp3) is 0.455. The van der Waals surface area contributed by atoms with E-state index in [2.05, 4.69) is 10.3 Å². The van der Waals surface area contributed by atoms with Crippen molar-refractivity contribution >= 4 is 5.91 Å². The van der Waals surface area contributed by atoms with Crippen molar-refractivity contribution in [3.05, 3.63) is 24.0 Å². The van der Waals surface area contributed by atoms with Crippen LogP contribution in [0.3, 0.4) is 0 Å². The van der Waals surface area contributed by atoms with E-state index >= 15 is 0 Å². The number of hydrogen-bond acceptors (Lipinski definition) is 4. The van der Waals surface area contributed by atoms with Gasteiger partial charge in [0.1, 0.15) is 5.75 Å². The molecule has 0 saturated heterocycles. The lowest BCUT2D eigenvalue weighted by molar-refractivity contribution is 0.0945. The van der Waals surface area contributed by atoms with Gasteiger partial charge in [0.15, 0.2) is 5.69 Å². The van der Waals surface area contributed by atoms with Crippen molar-refractivity contribution in [2.24, 2.45) is 0 Å². The molecule has 16 heavy (non-hydrogen) atoms. The Morgan fingerprint density at radius 1 is 1.38 bits per heavy atom. The number of aromatic hydroxyl groups is 1. The molecule has 5 heteroatoms. The van der Waals surface area contributed by atoms with Crippen molar-refractivity contribution in [3.8, 4) is 5.75 Å². The third-order valence-electron chi connectivity index (χ3n) is 2.12. The van der Waals surface area contributed by atoms with Crippen molar-refractivity contribution in [2.45, 2.75) is 19.3 Å². The second-order valence-electron chi connectivity index (χ2n) is 3.41. The number of pyridine rings is 1. The predicted molar refractivity (Wildman–Crippen MR) is 59.2 cm³/mol. The lowest BCUT2D eigenvalue weighted by atomic mass is 10.2. The standard InChI is InChI=1S/C11H16N2O3/c14-8-3-1-2-6-13-11(16)10-9(15)5-4-7-12-10/h4-5,7,14-15H,1-3,6,8H2,(H,13,16). The largest absolute Gasteiger partial charge is 0.505 e. The molecule has 0 aliphatic rings. The van der Waals surface area contributed by atoms with Gasteiger partial charge in [-0.2, -0.15) is 0 Å². The highest BCUT2D eigenvalue weighted by Gasteiger charge is 2.10. The second kappa shape index (κ2) is 6.79. The van der Waals surface area contributed by atoms with E-state index in [1.807, 2.05) is 0 Å². The van der Waals surface area contributed by atoms with Crippen LogP contribution in [0.1, 0.15) is 29.8 Å². The number of carbonyl (C=O) groups is 1. The van der Waals surface area contributed by atoms with Gasteiger partial charge < -0.3 is 15.5 Å². The highest BCUT2D eigenvalue weighted by Crippen LogP contribution is 2.11. The molecule has 0 radical (unpaired) electrons. The van der Waals surface area contributed by atoms with Crippen LogP contribution in [0.2, 0.25) is 0 Å². The molecule has 1 heterocycles. The summed E-state index contributed by atoms with van der Waals surface area (Å²) in [7, 11) is 0. The van der Waals surface area contributed by atoms with E-state index in [1.54, 1.807) is 6.07 Å². The minimum Gasteiger partial charge on any atom is -0.505 e. The fourth-order valence-corrected chi connectivity index (χ4v) is 1.27. The Morgan fingerprint density at radius 3 is 2.88 bits per heavy atom. The number of hydrogen-bond donors (Lipinski definition) is 3. The van der Waals surface area contributed by atoms with Gasteiger partial charge in [0, 0.05) is 19.3 Å². The molecule has 0 unspecified atom stereocenters. The number of rotatable bonds is 6. The van der Waals surface area contributed by atoms with Crippen LogP contribution in [0.5, 0.6) is 5.75 Å². The van der Waals surface area contributed by atoms with Gasteiger partial charge in [0.2, 0.25) is 0 Å². The summed E-state index contributed by atoms with van der Waals surface area (Å²) < 4.78 is 0. The molecule has 88 valence electrons. The van der Waals surface area contributed by atoms with Gasteiger partial charge in [-0.1, -0.05) is 0 Å². The summed E-state index contributed by atoms with van der Waals surface area (Å²) in [4.78, 5) is 15.3. The Morgan fingerprint density at radius 2 is 2.19 bits per heavy atom. The first-order valence-electron chi connectivity index (χ1n) is 5.28. The van der Waals surface area contributed by atoms with E-state index < -0.39 is 0 Å². The van der Waals surface area contributed by atoms with Gasteiger partial charge in [-0.05, 0) is 31.4 Å². The molecule has 1 aromatic heterocycles. The maximum Gasteiger partial charge on any atom is 0.273 e. The van der Waals surface area contributed by atoms with Gasteiger partial charge >= 0.3 is 0 Å². The second-order valence-corrected chi connectivity index (χ2v) is 3.41. The normalized spacial score (nSPS) is 10.1. The molecule has 0 aliphatic heterocycles. The van der Waals surface area contributed by atoms with Crippen LogP contribution in [0.4, 0.5) is 0 Å². The van der Waals surface area contributed by atoms with Gasteiger partial charge in [0.05, 0.1) is 0 Å². The SMILES string of the molecule is O=C(NCCCCCO)c1ncccc1O. The van der Waals surface area contributed by atoms with Crippen LogP contribution in [-0.2, 0) is 0 Å². The summed E-state index contributed by atoms with van der Waals surface area (Å²) in [5.74, 6) is -0.488. The molecule has 1 rings (SSSR count). The zero-order chi connectivity index (χ0) is 11.8. The van der Waals surface area contributed by atoms with Crippen LogP contribution >= 0.6 is 0 Å². The number of nitrogens with one attached hydrogen (secondary N) is 1. The molecule has 0 aliphatic carbocycles. The van der Waals surface area contributed by atoms with Crippen molar-refractivity contribution < 1.29 is 15.0 Å². The molecule has 0 saturated carbocycles. The van der Waals surface area contributed by atoms with Crippen LogP contribution in [0.15, 0.2) is 18.3 Å². The van der Waals surface area contributed by atoms with Gasteiger partial charge in [0.25, 0.3) is 5.91 Å². The average molecular weight is 224 g/mol. The molecule has 5 nitrogen and oxygen atoms in total. The number of unbranched alkanes of at least 4 members (excludes halogenated alkanes) is 2. The number of aromatic nitrogens is 1. The number of nitrogens with zero attached hydrogens (tertiary/aromatic N) is 1. The number of amides is 1. The molecule has 0 spiro atoms. The smallest absolute Gasteiger partial charge is 0.273 e. The molecule has 1 aromatic rings. The Hall–Kier alpha value is -1.62. The minimum absolute atomic E-state index is 0.0460. The third-order valence-corrected chi connectivity index (χ3v) is 2.12. The van der Waals surface area contributed by atoms with Crippen LogP contribution in [0.25, 0.3) is 0 Å². The first kappa shape index (κ1) is 12.4. The van der Waals surface area contributed by atoms with Crippen LogP contribution < -0.4 is 5.32 Å². The minimum atomic E-state index is -0.373. The predicted octanol–water partition coefficient (Wildman–Crippen LogP) is 0.680. The maximum absolute atomic E-state index is 11.5. The summed E-state index contributed by atoms with van der Waals surface area (Å²) in [6.45, 7) is 0.698. The zero-order valence-electron chi connectivity index (χ0n) is 9.02. The van der Waals surface area contributed by atoms with Gasteiger partial charge in [-0.3, -0.25) is 4.79 Å². The topological polar surface area (TPSA) is 82.5 Å². The lowest BCUT2D eigenvalue weighted by Gasteiger charge is -2.05. The molecule has 3 N–H and O–H groups in total. The summed E-state index contributed by atoms with van der Waals surface area (Å²) in [5, 5.41) is 20.6. The number of aliphatic hydroxyl groups is 1. The zero-order valence-corrected chi connectivity index (χ0v) is 9.02.